The normalized spacial score (nSPS) is 32.5. The summed E-state index contributed by atoms with van der Waals surface area (Å²) in [7, 11) is 0. The molecule has 0 amide bonds. The van der Waals surface area contributed by atoms with Crippen LogP contribution in [0.25, 0.3) is 0 Å². The summed E-state index contributed by atoms with van der Waals surface area (Å²) in [5, 5.41) is 0. The third-order valence-corrected chi connectivity index (χ3v) is 6.40. The van der Waals surface area contributed by atoms with Crippen molar-refractivity contribution < 1.29 is 28.5 Å². The third-order valence-electron chi connectivity index (χ3n) is 6.40. The molecule has 3 aliphatic heterocycles. The molecule has 0 aromatic heterocycles. The predicted molar refractivity (Wildman–Crippen MR) is 136 cm³/mol. The molecule has 35 heavy (non-hydrogen) atoms. The zero-order chi connectivity index (χ0) is 25.0. The monoisotopic (exact) mass is 484 g/mol. The first-order valence-electron chi connectivity index (χ1n) is 12.8. The Morgan fingerprint density at radius 1 is 1.06 bits per heavy atom. The number of carbonyl (C=O) groups excluding carboxylic acids is 2. The molecule has 3 aliphatic rings. The Bertz CT molecular complexity index is 851. The Morgan fingerprint density at radius 3 is 2.71 bits per heavy atom. The van der Waals surface area contributed by atoms with E-state index in [1.807, 2.05) is 12.2 Å². The van der Waals surface area contributed by atoms with Gasteiger partial charge in [-0.1, -0.05) is 61.1 Å². The summed E-state index contributed by atoms with van der Waals surface area (Å²) in [6.07, 6.45) is 17.7. The lowest BCUT2D eigenvalue weighted by Gasteiger charge is -2.27. The van der Waals surface area contributed by atoms with Crippen LogP contribution < -0.4 is 0 Å². The van der Waals surface area contributed by atoms with Crippen LogP contribution in [0.2, 0.25) is 0 Å². The number of Topliss-reactive ketones (excluding diaryl/α,β-unsaturated/α-hetero) is 1. The van der Waals surface area contributed by atoms with E-state index in [4.69, 9.17) is 18.9 Å². The van der Waals surface area contributed by atoms with Crippen molar-refractivity contribution in [3.8, 4) is 0 Å². The van der Waals surface area contributed by atoms with Crippen LogP contribution in [-0.4, -0.2) is 56.0 Å². The molecule has 0 radical (unpaired) electrons. The molecule has 0 aromatic rings. The Hall–Kier alpha value is -2.28. The quantitative estimate of drug-likeness (QED) is 0.396. The van der Waals surface area contributed by atoms with Gasteiger partial charge in [-0.2, -0.15) is 0 Å². The van der Waals surface area contributed by atoms with Gasteiger partial charge in [0.2, 0.25) is 0 Å². The number of hydrogen-bond acceptors (Lipinski definition) is 6. The van der Waals surface area contributed by atoms with Gasteiger partial charge in [0.1, 0.15) is 18.5 Å². The second-order valence-electron chi connectivity index (χ2n) is 9.91. The van der Waals surface area contributed by atoms with Crippen LogP contribution in [0.15, 0.2) is 60.3 Å². The largest absolute Gasteiger partial charge is 0.459 e. The van der Waals surface area contributed by atoms with Crippen LogP contribution in [0.1, 0.15) is 58.8 Å². The lowest BCUT2D eigenvalue weighted by Crippen LogP contribution is -2.25. The highest BCUT2D eigenvalue weighted by atomic mass is 16.6. The van der Waals surface area contributed by atoms with Crippen LogP contribution in [0.4, 0.5) is 0 Å². The van der Waals surface area contributed by atoms with Crippen molar-refractivity contribution in [1.82, 2.24) is 0 Å². The van der Waals surface area contributed by atoms with Gasteiger partial charge >= 0.3 is 5.97 Å². The minimum Gasteiger partial charge on any atom is -0.459 e. The van der Waals surface area contributed by atoms with Crippen molar-refractivity contribution in [3.63, 3.8) is 0 Å². The van der Waals surface area contributed by atoms with Crippen LogP contribution >= 0.6 is 0 Å². The smallest absolute Gasteiger partial charge is 0.330 e. The van der Waals surface area contributed by atoms with E-state index in [1.165, 1.54) is 11.6 Å². The maximum atomic E-state index is 12.5. The number of rotatable bonds is 2. The van der Waals surface area contributed by atoms with E-state index in [9.17, 15) is 9.59 Å². The van der Waals surface area contributed by atoms with Crippen LogP contribution in [-0.2, 0) is 28.5 Å². The van der Waals surface area contributed by atoms with Gasteiger partial charge in [-0.05, 0) is 44.9 Å². The highest BCUT2D eigenvalue weighted by molar-refractivity contribution is 5.82. The summed E-state index contributed by atoms with van der Waals surface area (Å²) < 4.78 is 23.3. The molecule has 5 unspecified atom stereocenters. The average Bonchev–Trinajstić information content (AvgIpc) is 2.80. The fourth-order valence-electron chi connectivity index (χ4n) is 4.62. The number of esters is 1. The van der Waals surface area contributed by atoms with Crippen molar-refractivity contribution in [3.05, 3.63) is 60.3 Å². The summed E-state index contributed by atoms with van der Waals surface area (Å²) in [5.41, 5.74) is 2.24. The van der Waals surface area contributed by atoms with E-state index in [0.717, 1.165) is 31.3 Å². The van der Waals surface area contributed by atoms with Gasteiger partial charge in [0.15, 0.2) is 0 Å². The van der Waals surface area contributed by atoms with Crippen LogP contribution in [0.5, 0.6) is 0 Å². The molecule has 6 heteroatoms. The summed E-state index contributed by atoms with van der Waals surface area (Å²) in [6, 6.07) is 0. The van der Waals surface area contributed by atoms with Gasteiger partial charge in [0, 0.05) is 18.9 Å². The van der Waals surface area contributed by atoms with Gasteiger partial charge in [-0.15, -0.1) is 0 Å². The molecule has 192 valence electrons. The first-order valence-corrected chi connectivity index (χ1v) is 12.8. The average molecular weight is 485 g/mol. The summed E-state index contributed by atoms with van der Waals surface area (Å²) in [4.78, 5) is 24.8. The Morgan fingerprint density at radius 2 is 1.89 bits per heavy atom. The molecule has 0 spiro atoms. The van der Waals surface area contributed by atoms with E-state index < -0.39 is 12.1 Å². The second kappa shape index (κ2) is 14.3. The number of fused-ring (bicyclic) bond motifs is 2. The molecule has 0 aromatic carbocycles. The molecule has 0 aliphatic carbocycles. The maximum absolute atomic E-state index is 12.5. The van der Waals surface area contributed by atoms with E-state index in [2.05, 4.69) is 38.7 Å². The summed E-state index contributed by atoms with van der Waals surface area (Å²) >= 11 is 0. The highest BCUT2D eigenvalue weighted by Gasteiger charge is 2.21. The molecular weight excluding hydrogens is 444 g/mol. The Kier molecular flexibility index (Phi) is 11.2. The standard InChI is InChI=1S/C29H40O6/c1-21-12-14-32-26(18-21)10-11-28-20-34-29(31)9-5-7-25-6-4-8-27(35-25)19-23(3)16-22(2)17-24(30)13-15-33-28/h4-6,9-12,23,25-28H,2,7-8,13-20H2,1,3H3. The van der Waals surface area contributed by atoms with Crippen molar-refractivity contribution in [2.45, 2.75) is 83.2 Å². The topological polar surface area (TPSA) is 71.1 Å². The lowest BCUT2D eigenvalue weighted by molar-refractivity contribution is -0.141. The first kappa shape index (κ1) is 27.3. The van der Waals surface area contributed by atoms with Crippen molar-refractivity contribution in [2.24, 2.45) is 5.92 Å². The van der Waals surface area contributed by atoms with Gasteiger partial charge < -0.3 is 18.9 Å². The molecular formula is C29H40O6. The molecule has 0 saturated heterocycles. The fraction of sp³-hybridized carbons (Fsp3) is 0.586. The molecule has 0 saturated carbocycles. The van der Waals surface area contributed by atoms with E-state index in [1.54, 1.807) is 6.08 Å². The second-order valence-corrected chi connectivity index (χ2v) is 9.91. The molecule has 0 N–H and O–H groups in total. The zero-order valence-corrected chi connectivity index (χ0v) is 21.2. The lowest BCUT2D eigenvalue weighted by atomic mass is 9.91. The van der Waals surface area contributed by atoms with Crippen LogP contribution in [0, 0.1) is 5.92 Å². The van der Waals surface area contributed by atoms with Crippen molar-refractivity contribution in [1.29, 1.82) is 0 Å². The zero-order valence-electron chi connectivity index (χ0n) is 21.2. The minimum atomic E-state index is -0.453. The number of ether oxygens (including phenoxy) is 4. The molecule has 0 fully saturated rings. The fourth-order valence-corrected chi connectivity index (χ4v) is 4.62. The van der Waals surface area contributed by atoms with Gasteiger partial charge in [-0.25, -0.2) is 4.79 Å². The number of carbonyl (C=O) groups is 2. The summed E-state index contributed by atoms with van der Waals surface area (Å²) in [5.74, 6) is 0.0670. The Balaban J connectivity index is 1.63. The number of ketones is 1. The van der Waals surface area contributed by atoms with E-state index in [-0.39, 0.29) is 37.3 Å². The number of cyclic esters (lactones) is 1. The number of hydrogen-bond donors (Lipinski definition) is 0. The summed E-state index contributed by atoms with van der Waals surface area (Å²) in [6.45, 7) is 9.32. The first-order chi connectivity index (χ1) is 16.9. The molecule has 2 bridgehead atoms. The maximum Gasteiger partial charge on any atom is 0.330 e. The van der Waals surface area contributed by atoms with Gasteiger partial charge in [0.25, 0.3) is 0 Å². The third kappa shape index (κ3) is 10.5. The number of allylic oxidation sites excluding steroid dienone is 1. The van der Waals surface area contributed by atoms with Crippen molar-refractivity contribution >= 4 is 11.8 Å². The SMILES string of the molecule is C=C1CC(=O)CCOC(C=CC2CC(C)=CCO2)COC(=O)C=CCC2C=CCC(CC(C)C1)O2. The highest BCUT2D eigenvalue weighted by Crippen LogP contribution is 2.25. The van der Waals surface area contributed by atoms with E-state index in [0.29, 0.717) is 31.8 Å². The predicted octanol–water partition coefficient (Wildman–Crippen LogP) is 5.20. The Labute approximate surface area is 209 Å². The van der Waals surface area contributed by atoms with Gasteiger partial charge in [0.05, 0.1) is 31.5 Å². The van der Waals surface area contributed by atoms with Crippen molar-refractivity contribution in [2.75, 3.05) is 19.8 Å². The molecule has 3 heterocycles. The molecule has 6 nitrogen and oxygen atoms in total. The molecule has 5 atom stereocenters. The van der Waals surface area contributed by atoms with E-state index >= 15 is 0 Å². The van der Waals surface area contributed by atoms with Gasteiger partial charge in [-0.3, -0.25) is 4.79 Å². The minimum absolute atomic E-state index is 0.0319. The van der Waals surface area contributed by atoms with Crippen LogP contribution in [0.3, 0.4) is 0 Å². The molecule has 3 rings (SSSR count).